The van der Waals surface area contributed by atoms with E-state index in [9.17, 15) is 0 Å². The van der Waals surface area contributed by atoms with Gasteiger partial charge in [0.05, 0.1) is 0 Å². The standard InChI is InChI=1S/C15H13N3Se/c1-3-7-13(8-4-1)15-11-18(17-16-15)12-19-14-9-5-2-6-10-14/h1-11H,12H2. The van der Waals surface area contributed by atoms with E-state index >= 15 is 0 Å². The minimum atomic E-state index is 0.392. The summed E-state index contributed by atoms with van der Waals surface area (Å²) in [5, 5.41) is 8.41. The Morgan fingerprint density at radius 3 is 2.32 bits per heavy atom. The van der Waals surface area contributed by atoms with Crippen LogP contribution in [0.1, 0.15) is 0 Å². The van der Waals surface area contributed by atoms with Gasteiger partial charge in [0.15, 0.2) is 0 Å². The van der Waals surface area contributed by atoms with Gasteiger partial charge in [0.1, 0.15) is 0 Å². The van der Waals surface area contributed by atoms with Crippen molar-refractivity contribution in [3.8, 4) is 11.3 Å². The fourth-order valence-electron chi connectivity index (χ4n) is 1.76. The van der Waals surface area contributed by atoms with Crippen molar-refractivity contribution in [3.63, 3.8) is 0 Å². The summed E-state index contributed by atoms with van der Waals surface area (Å²) in [5.74, 6) is 0. The van der Waals surface area contributed by atoms with Gasteiger partial charge in [-0.1, -0.05) is 0 Å². The topological polar surface area (TPSA) is 30.7 Å². The van der Waals surface area contributed by atoms with Crippen molar-refractivity contribution in [2.24, 2.45) is 0 Å². The summed E-state index contributed by atoms with van der Waals surface area (Å²) in [6.45, 7) is 0. The summed E-state index contributed by atoms with van der Waals surface area (Å²) < 4.78 is 3.31. The van der Waals surface area contributed by atoms with Gasteiger partial charge >= 0.3 is 118 Å². The molecule has 4 heteroatoms. The van der Waals surface area contributed by atoms with Crippen molar-refractivity contribution in [1.29, 1.82) is 0 Å². The van der Waals surface area contributed by atoms with Crippen LogP contribution in [-0.2, 0) is 5.44 Å². The van der Waals surface area contributed by atoms with Gasteiger partial charge in [-0.25, -0.2) is 0 Å². The van der Waals surface area contributed by atoms with Crippen molar-refractivity contribution in [3.05, 3.63) is 66.9 Å². The van der Waals surface area contributed by atoms with E-state index in [1.165, 1.54) is 4.46 Å². The second-order valence-electron chi connectivity index (χ2n) is 4.10. The van der Waals surface area contributed by atoms with Crippen molar-refractivity contribution in [2.75, 3.05) is 0 Å². The molecule has 94 valence electrons. The summed E-state index contributed by atoms with van der Waals surface area (Å²) in [4.78, 5) is 0. The fraction of sp³-hybridized carbons (Fsp3) is 0.0667. The molecule has 0 aliphatic rings. The third-order valence-electron chi connectivity index (χ3n) is 2.71. The maximum absolute atomic E-state index is 4.22. The Labute approximate surface area is 118 Å². The Kier molecular flexibility index (Phi) is 3.73. The summed E-state index contributed by atoms with van der Waals surface area (Å²) in [7, 11) is 0. The molecule has 0 aliphatic carbocycles. The average molecular weight is 314 g/mol. The zero-order chi connectivity index (χ0) is 12.9. The SMILES string of the molecule is c1ccc([Se]Cn2cc(-c3ccccc3)nn2)cc1. The minimum absolute atomic E-state index is 0.392. The number of aromatic nitrogens is 3. The van der Waals surface area contributed by atoms with Crippen LogP contribution >= 0.6 is 0 Å². The van der Waals surface area contributed by atoms with Gasteiger partial charge < -0.3 is 0 Å². The number of nitrogens with zero attached hydrogens (tertiary/aromatic N) is 3. The fourth-order valence-corrected chi connectivity index (χ4v) is 3.35. The third kappa shape index (κ3) is 3.11. The molecule has 0 saturated carbocycles. The molecule has 0 atom stereocenters. The number of benzene rings is 2. The van der Waals surface area contributed by atoms with Crippen LogP contribution in [0.15, 0.2) is 66.9 Å². The van der Waals surface area contributed by atoms with Crippen LogP contribution in [0.3, 0.4) is 0 Å². The van der Waals surface area contributed by atoms with Crippen molar-refractivity contribution < 1.29 is 0 Å². The summed E-state index contributed by atoms with van der Waals surface area (Å²) in [5.41, 5.74) is 2.96. The Hall–Kier alpha value is -1.90. The Bertz CT molecular complexity index is 635. The van der Waals surface area contributed by atoms with E-state index in [4.69, 9.17) is 0 Å². The molecular formula is C15H13N3Se. The van der Waals surface area contributed by atoms with E-state index in [1.807, 2.05) is 35.1 Å². The van der Waals surface area contributed by atoms with Gasteiger partial charge in [0.25, 0.3) is 0 Å². The van der Waals surface area contributed by atoms with Gasteiger partial charge in [-0.05, 0) is 0 Å². The van der Waals surface area contributed by atoms with E-state index in [2.05, 4.69) is 46.7 Å². The number of rotatable bonds is 4. The Morgan fingerprint density at radius 1 is 0.895 bits per heavy atom. The molecule has 2 aromatic carbocycles. The molecule has 0 radical (unpaired) electrons. The van der Waals surface area contributed by atoms with Crippen LogP contribution in [0.2, 0.25) is 0 Å². The van der Waals surface area contributed by atoms with Crippen molar-refractivity contribution in [1.82, 2.24) is 15.0 Å². The molecule has 19 heavy (non-hydrogen) atoms. The maximum atomic E-state index is 4.22. The summed E-state index contributed by atoms with van der Waals surface area (Å²) in [6.07, 6.45) is 2.01. The first-order chi connectivity index (χ1) is 9.42. The number of hydrogen-bond donors (Lipinski definition) is 0. The quantitative estimate of drug-likeness (QED) is 0.689. The van der Waals surface area contributed by atoms with Crippen LogP contribution < -0.4 is 4.46 Å². The first-order valence-corrected chi connectivity index (χ1v) is 8.12. The van der Waals surface area contributed by atoms with E-state index in [1.54, 1.807) is 0 Å². The zero-order valence-corrected chi connectivity index (χ0v) is 12.0. The van der Waals surface area contributed by atoms with Crippen LogP contribution in [0.5, 0.6) is 0 Å². The van der Waals surface area contributed by atoms with Crippen LogP contribution in [0.25, 0.3) is 11.3 Å². The predicted octanol–water partition coefficient (Wildman–Crippen LogP) is 1.93. The first-order valence-electron chi connectivity index (χ1n) is 6.05. The molecule has 3 aromatic rings. The molecule has 1 aromatic heterocycles. The molecule has 0 saturated heterocycles. The second kappa shape index (κ2) is 5.83. The molecule has 3 rings (SSSR count). The van der Waals surface area contributed by atoms with Crippen LogP contribution in [0.4, 0.5) is 0 Å². The molecule has 0 aliphatic heterocycles. The zero-order valence-electron chi connectivity index (χ0n) is 10.3. The second-order valence-corrected chi connectivity index (χ2v) is 6.23. The van der Waals surface area contributed by atoms with Gasteiger partial charge in [0.2, 0.25) is 0 Å². The Morgan fingerprint density at radius 2 is 1.58 bits per heavy atom. The first kappa shape index (κ1) is 12.1. The Balaban J connectivity index is 1.69. The molecule has 0 bridgehead atoms. The van der Waals surface area contributed by atoms with Crippen molar-refractivity contribution >= 4 is 19.4 Å². The molecule has 0 N–H and O–H groups in total. The average Bonchev–Trinajstić information content (AvgIpc) is 2.96. The van der Waals surface area contributed by atoms with E-state index in [-0.39, 0.29) is 0 Å². The van der Waals surface area contributed by atoms with E-state index < -0.39 is 0 Å². The normalized spacial score (nSPS) is 10.5. The van der Waals surface area contributed by atoms with Gasteiger partial charge in [0, 0.05) is 0 Å². The molecule has 0 unspecified atom stereocenters. The van der Waals surface area contributed by atoms with Gasteiger partial charge in [-0.2, -0.15) is 0 Å². The number of hydrogen-bond acceptors (Lipinski definition) is 2. The summed E-state index contributed by atoms with van der Waals surface area (Å²) in [6, 6.07) is 20.7. The van der Waals surface area contributed by atoms with Gasteiger partial charge in [-0.3, -0.25) is 0 Å². The predicted molar refractivity (Wildman–Crippen MR) is 77.3 cm³/mol. The molecule has 1 heterocycles. The molecule has 0 amide bonds. The summed E-state index contributed by atoms with van der Waals surface area (Å²) >= 11 is 0.392. The van der Waals surface area contributed by atoms with Crippen LogP contribution in [0, 0.1) is 0 Å². The van der Waals surface area contributed by atoms with E-state index in [0.717, 1.165) is 16.7 Å². The van der Waals surface area contributed by atoms with Crippen molar-refractivity contribution in [2.45, 2.75) is 5.44 Å². The van der Waals surface area contributed by atoms with Crippen LogP contribution in [-0.4, -0.2) is 30.0 Å². The van der Waals surface area contributed by atoms with Gasteiger partial charge in [-0.15, -0.1) is 0 Å². The molecule has 0 fully saturated rings. The molecule has 0 spiro atoms. The third-order valence-corrected chi connectivity index (χ3v) is 4.81. The molecular weight excluding hydrogens is 301 g/mol. The van der Waals surface area contributed by atoms with E-state index in [0.29, 0.717) is 15.0 Å². The molecule has 3 nitrogen and oxygen atoms in total. The monoisotopic (exact) mass is 315 g/mol.